The number of hydrogen-bond acceptors (Lipinski definition) is 4. The Morgan fingerprint density at radius 3 is 2.03 bits per heavy atom. The van der Waals surface area contributed by atoms with E-state index in [4.69, 9.17) is 4.74 Å². The molecule has 0 aliphatic heterocycles. The van der Waals surface area contributed by atoms with E-state index in [9.17, 15) is 14.4 Å². The molecule has 2 N–H and O–H groups in total. The molecule has 0 saturated heterocycles. The fourth-order valence-electron chi connectivity index (χ4n) is 3.27. The van der Waals surface area contributed by atoms with Crippen molar-refractivity contribution in [1.82, 2.24) is 5.32 Å². The van der Waals surface area contributed by atoms with Crippen LogP contribution in [0.15, 0.2) is 36.4 Å². The number of aryl methyl sites for hydroxylation is 3. The predicted molar refractivity (Wildman–Crippen MR) is 122 cm³/mol. The first-order valence-corrected chi connectivity index (χ1v) is 10.4. The van der Waals surface area contributed by atoms with Gasteiger partial charge in [0.15, 0.2) is 6.10 Å². The Bertz CT molecular complexity index is 949. The van der Waals surface area contributed by atoms with E-state index >= 15 is 0 Å². The van der Waals surface area contributed by atoms with E-state index < -0.39 is 18.0 Å². The lowest BCUT2D eigenvalue weighted by Gasteiger charge is -2.19. The maximum absolute atomic E-state index is 12.4. The molecule has 0 spiro atoms. The molecule has 0 unspecified atom stereocenters. The molecule has 0 saturated carbocycles. The molecule has 6 heteroatoms. The van der Waals surface area contributed by atoms with Crippen LogP contribution in [0.2, 0.25) is 0 Å². The first-order valence-electron chi connectivity index (χ1n) is 10.4. The lowest BCUT2D eigenvalue weighted by molar-refractivity contribution is -0.152. The summed E-state index contributed by atoms with van der Waals surface area (Å²) in [7, 11) is 0. The number of nitrogens with one attached hydrogen (secondary N) is 2. The minimum Gasteiger partial charge on any atom is -0.451 e. The quantitative estimate of drug-likeness (QED) is 0.681. The van der Waals surface area contributed by atoms with Crippen molar-refractivity contribution in [1.29, 1.82) is 0 Å². The van der Waals surface area contributed by atoms with Crippen molar-refractivity contribution in [2.75, 3.05) is 11.9 Å². The van der Waals surface area contributed by atoms with Crippen molar-refractivity contribution in [2.24, 2.45) is 0 Å². The number of rotatable bonds is 6. The Balaban J connectivity index is 1.88. The van der Waals surface area contributed by atoms with E-state index in [2.05, 4.69) is 31.4 Å². The second-order valence-corrected chi connectivity index (χ2v) is 8.91. The third kappa shape index (κ3) is 6.67. The number of carbonyl (C=O) groups excluding carboxylic acids is 3. The van der Waals surface area contributed by atoms with Crippen LogP contribution in [-0.4, -0.2) is 30.4 Å². The van der Waals surface area contributed by atoms with Gasteiger partial charge in [0.25, 0.3) is 11.8 Å². The van der Waals surface area contributed by atoms with Crippen LogP contribution in [-0.2, 0) is 19.7 Å². The molecule has 2 aromatic rings. The third-order valence-electron chi connectivity index (χ3n) is 5.01. The molecule has 0 aliphatic rings. The van der Waals surface area contributed by atoms with Gasteiger partial charge in [0, 0.05) is 11.3 Å². The summed E-state index contributed by atoms with van der Waals surface area (Å²) < 4.78 is 5.17. The highest BCUT2D eigenvalue weighted by atomic mass is 16.5. The monoisotopic (exact) mass is 424 g/mol. The average molecular weight is 425 g/mol. The smallest absolute Gasteiger partial charge is 0.326 e. The van der Waals surface area contributed by atoms with Gasteiger partial charge in [0.2, 0.25) is 0 Å². The third-order valence-corrected chi connectivity index (χ3v) is 5.01. The Kier molecular flexibility index (Phi) is 7.60. The van der Waals surface area contributed by atoms with Gasteiger partial charge >= 0.3 is 5.97 Å². The number of esters is 1. The second-order valence-electron chi connectivity index (χ2n) is 8.91. The molecule has 0 fully saturated rings. The molecule has 1 atom stereocenters. The molecule has 166 valence electrons. The van der Waals surface area contributed by atoms with Gasteiger partial charge in [0.1, 0.15) is 6.54 Å². The van der Waals surface area contributed by atoms with E-state index in [1.165, 1.54) is 6.92 Å². The van der Waals surface area contributed by atoms with Crippen molar-refractivity contribution in [3.8, 4) is 0 Å². The molecule has 0 heterocycles. The van der Waals surface area contributed by atoms with Crippen molar-refractivity contribution in [2.45, 2.75) is 60.0 Å². The largest absolute Gasteiger partial charge is 0.451 e. The van der Waals surface area contributed by atoms with Crippen molar-refractivity contribution in [3.63, 3.8) is 0 Å². The van der Waals surface area contributed by atoms with E-state index in [0.717, 1.165) is 22.3 Å². The number of ether oxygens (including phenoxy) is 1. The van der Waals surface area contributed by atoms with Gasteiger partial charge in [0.05, 0.1) is 0 Å². The van der Waals surface area contributed by atoms with E-state index in [0.29, 0.717) is 11.3 Å². The number of carbonyl (C=O) groups is 3. The Morgan fingerprint density at radius 1 is 0.968 bits per heavy atom. The summed E-state index contributed by atoms with van der Waals surface area (Å²) in [5.41, 5.74) is 5.26. The Labute approximate surface area is 184 Å². The molecule has 0 bridgehead atoms. The summed E-state index contributed by atoms with van der Waals surface area (Å²) in [5, 5.41) is 5.35. The first kappa shape index (κ1) is 24.1. The van der Waals surface area contributed by atoms with E-state index in [1.54, 1.807) is 12.1 Å². The van der Waals surface area contributed by atoms with Crippen LogP contribution in [0, 0.1) is 20.8 Å². The molecule has 2 amide bonds. The summed E-state index contributed by atoms with van der Waals surface area (Å²) in [4.78, 5) is 36.8. The predicted octanol–water partition coefficient (Wildman–Crippen LogP) is 4.21. The number of amides is 2. The van der Waals surface area contributed by atoms with Crippen LogP contribution in [0.5, 0.6) is 0 Å². The molecule has 2 aromatic carbocycles. The van der Waals surface area contributed by atoms with Gasteiger partial charge < -0.3 is 15.4 Å². The topological polar surface area (TPSA) is 84.5 Å². The molecular formula is C25H32N2O4. The lowest BCUT2D eigenvalue weighted by atomic mass is 9.87. The van der Waals surface area contributed by atoms with Gasteiger partial charge in [-0.1, -0.05) is 50.6 Å². The summed E-state index contributed by atoms with van der Waals surface area (Å²) in [5.74, 6) is -1.48. The maximum atomic E-state index is 12.4. The fraction of sp³-hybridized carbons (Fsp3) is 0.400. The van der Waals surface area contributed by atoms with Crippen LogP contribution in [0.1, 0.15) is 60.3 Å². The zero-order valence-electron chi connectivity index (χ0n) is 19.4. The highest BCUT2D eigenvalue weighted by Crippen LogP contribution is 2.23. The molecule has 6 nitrogen and oxygen atoms in total. The highest BCUT2D eigenvalue weighted by Gasteiger charge is 2.20. The molecule has 0 aromatic heterocycles. The number of anilines is 1. The zero-order chi connectivity index (χ0) is 23.3. The van der Waals surface area contributed by atoms with Gasteiger partial charge in [-0.05, 0) is 61.9 Å². The fourth-order valence-corrected chi connectivity index (χ4v) is 3.27. The van der Waals surface area contributed by atoms with Crippen LogP contribution in [0.3, 0.4) is 0 Å². The molecule has 2 rings (SSSR count). The van der Waals surface area contributed by atoms with Gasteiger partial charge in [-0.25, -0.2) is 0 Å². The minimum absolute atomic E-state index is 0.00875. The van der Waals surface area contributed by atoms with Crippen LogP contribution < -0.4 is 10.6 Å². The van der Waals surface area contributed by atoms with Crippen molar-refractivity contribution in [3.05, 3.63) is 64.2 Å². The Morgan fingerprint density at radius 2 is 1.52 bits per heavy atom. The minimum atomic E-state index is -0.990. The standard InChI is InChI=1S/C25H32N2O4/c1-15-12-16(2)22(17(3)13-15)27-23(29)18(4)31-21(28)14-26-24(30)19-8-10-20(11-9-19)25(5,6)7/h8-13,18H,14H2,1-7H3,(H,26,30)(H,27,29)/t18-/m1/s1. The highest BCUT2D eigenvalue weighted by molar-refractivity contribution is 5.98. The van der Waals surface area contributed by atoms with Crippen LogP contribution >= 0.6 is 0 Å². The Hall–Kier alpha value is -3.15. The summed E-state index contributed by atoms with van der Waals surface area (Å²) in [6, 6.07) is 11.2. The van der Waals surface area contributed by atoms with Crippen molar-refractivity contribution < 1.29 is 19.1 Å². The number of hydrogen-bond donors (Lipinski definition) is 2. The van der Waals surface area contributed by atoms with Crippen LogP contribution in [0.4, 0.5) is 5.69 Å². The van der Waals surface area contributed by atoms with Gasteiger partial charge in [-0.15, -0.1) is 0 Å². The summed E-state index contributed by atoms with van der Waals surface area (Å²) in [6.45, 7) is 13.3. The zero-order valence-corrected chi connectivity index (χ0v) is 19.4. The molecular weight excluding hydrogens is 392 g/mol. The second kappa shape index (κ2) is 9.77. The summed E-state index contributed by atoms with van der Waals surface area (Å²) >= 11 is 0. The van der Waals surface area contributed by atoms with Crippen LogP contribution in [0.25, 0.3) is 0 Å². The molecule has 31 heavy (non-hydrogen) atoms. The van der Waals surface area contributed by atoms with Gasteiger partial charge in [-0.3, -0.25) is 14.4 Å². The maximum Gasteiger partial charge on any atom is 0.326 e. The summed E-state index contributed by atoms with van der Waals surface area (Å²) in [6.07, 6.45) is -0.990. The average Bonchev–Trinajstić information content (AvgIpc) is 2.68. The first-order chi connectivity index (χ1) is 14.4. The van der Waals surface area contributed by atoms with Gasteiger partial charge in [-0.2, -0.15) is 0 Å². The molecule has 0 radical (unpaired) electrons. The number of benzene rings is 2. The normalized spacial score (nSPS) is 12.1. The SMILES string of the molecule is Cc1cc(C)c(NC(=O)[C@@H](C)OC(=O)CNC(=O)c2ccc(C(C)(C)C)cc2)c(C)c1. The van der Waals surface area contributed by atoms with Crippen molar-refractivity contribution >= 4 is 23.5 Å². The molecule has 0 aliphatic carbocycles. The van der Waals surface area contributed by atoms with E-state index in [-0.39, 0.29) is 17.9 Å². The lowest BCUT2D eigenvalue weighted by Crippen LogP contribution is -2.36. The van der Waals surface area contributed by atoms with E-state index in [1.807, 2.05) is 45.0 Å².